The van der Waals surface area contributed by atoms with Crippen molar-refractivity contribution in [1.29, 1.82) is 0 Å². The predicted octanol–water partition coefficient (Wildman–Crippen LogP) is 4.97. The number of rotatable bonds is 5. The fourth-order valence-corrected chi connectivity index (χ4v) is 2.63. The smallest absolute Gasteiger partial charge is 0.422 e. The Labute approximate surface area is 129 Å². The Morgan fingerprint density at radius 2 is 2.00 bits per heavy atom. The number of thioether (sulfide) groups is 1. The molecule has 0 spiro atoms. The van der Waals surface area contributed by atoms with Crippen molar-refractivity contribution in [2.24, 2.45) is 0 Å². The van der Waals surface area contributed by atoms with Gasteiger partial charge in [-0.1, -0.05) is 23.7 Å². The summed E-state index contributed by atoms with van der Waals surface area (Å²) in [5.41, 5.74) is 0.835. The molecule has 1 heterocycles. The number of hydrogen-bond acceptors (Lipinski definition) is 3. The van der Waals surface area contributed by atoms with Gasteiger partial charge in [-0.25, -0.2) is 4.98 Å². The average Bonchev–Trinajstić information content (AvgIpc) is 2.44. The van der Waals surface area contributed by atoms with Gasteiger partial charge in [0.1, 0.15) is 10.8 Å². The predicted molar refractivity (Wildman–Crippen MR) is 76.8 cm³/mol. The van der Waals surface area contributed by atoms with E-state index in [9.17, 15) is 13.2 Å². The first-order chi connectivity index (χ1) is 9.94. The molecule has 21 heavy (non-hydrogen) atoms. The Morgan fingerprint density at radius 3 is 2.71 bits per heavy atom. The topological polar surface area (TPSA) is 22.1 Å². The number of pyridine rings is 1. The molecule has 2 nitrogen and oxygen atoms in total. The van der Waals surface area contributed by atoms with Gasteiger partial charge in [0.2, 0.25) is 0 Å². The second-order valence-corrected chi connectivity index (χ2v) is 5.50. The van der Waals surface area contributed by atoms with Gasteiger partial charge in [-0.15, -0.1) is 11.8 Å². The minimum atomic E-state index is -4.34. The van der Waals surface area contributed by atoms with Gasteiger partial charge in [0, 0.05) is 11.9 Å². The lowest BCUT2D eigenvalue weighted by molar-refractivity contribution is -0.153. The van der Waals surface area contributed by atoms with Gasteiger partial charge < -0.3 is 4.74 Å². The lowest BCUT2D eigenvalue weighted by Crippen LogP contribution is -2.19. The third kappa shape index (κ3) is 5.47. The van der Waals surface area contributed by atoms with Crippen molar-refractivity contribution in [3.63, 3.8) is 0 Å². The monoisotopic (exact) mass is 333 g/mol. The molecule has 0 fully saturated rings. The highest BCUT2D eigenvalue weighted by atomic mass is 35.5. The molecule has 0 N–H and O–H groups in total. The molecule has 112 valence electrons. The van der Waals surface area contributed by atoms with Crippen LogP contribution in [0.15, 0.2) is 47.6 Å². The van der Waals surface area contributed by atoms with E-state index in [1.165, 1.54) is 17.8 Å². The standard InChI is InChI=1S/C14H11ClF3NOS/c15-12-5-2-6-19-13(12)21-8-10-3-1-4-11(7-10)20-9-14(16,17)18/h1-7H,8-9H2. The van der Waals surface area contributed by atoms with Crippen molar-refractivity contribution in [3.8, 4) is 5.75 Å². The van der Waals surface area contributed by atoms with Crippen LogP contribution in [0.2, 0.25) is 5.02 Å². The fraction of sp³-hybridized carbons (Fsp3) is 0.214. The zero-order chi connectivity index (χ0) is 15.3. The SMILES string of the molecule is FC(F)(F)COc1cccc(CSc2ncccc2Cl)c1. The normalized spacial score (nSPS) is 11.4. The van der Waals surface area contributed by atoms with Crippen LogP contribution >= 0.6 is 23.4 Å². The van der Waals surface area contributed by atoms with Crippen LogP contribution in [0.1, 0.15) is 5.56 Å². The van der Waals surface area contributed by atoms with E-state index in [1.807, 2.05) is 6.07 Å². The summed E-state index contributed by atoms with van der Waals surface area (Å²) in [4.78, 5) is 4.14. The van der Waals surface area contributed by atoms with Gasteiger partial charge in [-0.05, 0) is 29.8 Å². The van der Waals surface area contributed by atoms with Crippen LogP contribution < -0.4 is 4.74 Å². The van der Waals surface area contributed by atoms with E-state index >= 15 is 0 Å². The van der Waals surface area contributed by atoms with E-state index < -0.39 is 12.8 Å². The Bertz CT molecular complexity index is 607. The van der Waals surface area contributed by atoms with Crippen LogP contribution in [-0.2, 0) is 5.75 Å². The Balaban J connectivity index is 1.96. The van der Waals surface area contributed by atoms with E-state index in [0.29, 0.717) is 15.8 Å². The summed E-state index contributed by atoms with van der Waals surface area (Å²) in [5.74, 6) is 0.734. The van der Waals surface area contributed by atoms with Crippen LogP contribution in [0, 0.1) is 0 Å². The molecular weight excluding hydrogens is 323 g/mol. The molecule has 0 radical (unpaired) electrons. The summed E-state index contributed by atoms with van der Waals surface area (Å²) < 4.78 is 41.0. The van der Waals surface area contributed by atoms with Gasteiger partial charge in [-0.3, -0.25) is 0 Å². The maximum absolute atomic E-state index is 12.1. The van der Waals surface area contributed by atoms with E-state index in [0.717, 1.165) is 5.56 Å². The molecule has 0 amide bonds. The number of hydrogen-bond donors (Lipinski definition) is 0. The summed E-state index contributed by atoms with van der Waals surface area (Å²) in [6, 6.07) is 10.0. The zero-order valence-corrected chi connectivity index (χ0v) is 12.3. The molecule has 7 heteroatoms. The quantitative estimate of drug-likeness (QED) is 0.721. The fourth-order valence-electron chi connectivity index (χ4n) is 1.52. The third-order valence-corrected chi connectivity index (χ3v) is 3.89. The second-order valence-electron chi connectivity index (χ2n) is 4.13. The highest BCUT2D eigenvalue weighted by molar-refractivity contribution is 7.98. The summed E-state index contributed by atoms with van der Waals surface area (Å²) in [6.45, 7) is -1.30. The minimum Gasteiger partial charge on any atom is -0.484 e. The molecule has 0 bridgehead atoms. The van der Waals surface area contributed by atoms with Crippen LogP contribution in [0.4, 0.5) is 13.2 Å². The molecular formula is C14H11ClF3NOS. The number of alkyl halides is 3. The van der Waals surface area contributed by atoms with E-state index in [-0.39, 0.29) is 5.75 Å². The summed E-state index contributed by atoms with van der Waals surface area (Å²) in [6.07, 6.45) is -2.71. The third-order valence-electron chi connectivity index (χ3n) is 2.40. The number of ether oxygens (including phenoxy) is 1. The molecule has 1 aromatic heterocycles. The van der Waals surface area contributed by atoms with Crippen LogP contribution in [0.5, 0.6) is 5.75 Å². The van der Waals surface area contributed by atoms with Crippen molar-refractivity contribution in [2.45, 2.75) is 17.0 Å². The number of benzene rings is 1. The van der Waals surface area contributed by atoms with Crippen molar-refractivity contribution in [2.75, 3.05) is 6.61 Å². The minimum absolute atomic E-state index is 0.192. The molecule has 2 rings (SSSR count). The average molecular weight is 334 g/mol. The lowest BCUT2D eigenvalue weighted by Gasteiger charge is -2.10. The zero-order valence-electron chi connectivity index (χ0n) is 10.7. The summed E-state index contributed by atoms with van der Waals surface area (Å²) in [7, 11) is 0. The number of halogens is 4. The first-order valence-electron chi connectivity index (χ1n) is 5.96. The number of nitrogens with zero attached hydrogens (tertiary/aromatic N) is 1. The van der Waals surface area contributed by atoms with Crippen LogP contribution in [0.25, 0.3) is 0 Å². The maximum Gasteiger partial charge on any atom is 0.422 e. The Morgan fingerprint density at radius 1 is 1.19 bits per heavy atom. The lowest BCUT2D eigenvalue weighted by atomic mass is 10.2. The molecule has 2 aromatic rings. The largest absolute Gasteiger partial charge is 0.484 e. The van der Waals surface area contributed by atoms with Crippen molar-refractivity contribution < 1.29 is 17.9 Å². The Kier molecular flexibility index (Phi) is 5.36. The van der Waals surface area contributed by atoms with Crippen LogP contribution in [-0.4, -0.2) is 17.8 Å². The molecule has 0 aliphatic heterocycles. The van der Waals surface area contributed by atoms with Gasteiger partial charge in [0.25, 0.3) is 0 Å². The van der Waals surface area contributed by atoms with Crippen molar-refractivity contribution in [3.05, 3.63) is 53.2 Å². The first kappa shape index (κ1) is 16.0. The molecule has 1 aromatic carbocycles. The van der Waals surface area contributed by atoms with Gasteiger partial charge in [-0.2, -0.15) is 13.2 Å². The van der Waals surface area contributed by atoms with Gasteiger partial charge in [0.15, 0.2) is 6.61 Å². The van der Waals surface area contributed by atoms with E-state index in [4.69, 9.17) is 16.3 Å². The molecule has 0 saturated heterocycles. The van der Waals surface area contributed by atoms with Gasteiger partial charge >= 0.3 is 6.18 Å². The molecule has 0 unspecified atom stereocenters. The van der Waals surface area contributed by atoms with Gasteiger partial charge in [0.05, 0.1) is 5.02 Å². The Hall–Kier alpha value is -1.40. The van der Waals surface area contributed by atoms with Crippen LogP contribution in [0.3, 0.4) is 0 Å². The van der Waals surface area contributed by atoms with Crippen molar-refractivity contribution in [1.82, 2.24) is 4.98 Å². The first-order valence-corrected chi connectivity index (χ1v) is 7.32. The second kappa shape index (κ2) is 7.04. The molecule has 0 saturated carbocycles. The molecule has 0 aliphatic rings. The highest BCUT2D eigenvalue weighted by Gasteiger charge is 2.28. The number of aromatic nitrogens is 1. The summed E-state index contributed by atoms with van der Waals surface area (Å²) in [5, 5.41) is 1.23. The maximum atomic E-state index is 12.1. The molecule has 0 aliphatic carbocycles. The van der Waals surface area contributed by atoms with E-state index in [1.54, 1.807) is 30.5 Å². The van der Waals surface area contributed by atoms with Crippen molar-refractivity contribution >= 4 is 23.4 Å². The highest BCUT2D eigenvalue weighted by Crippen LogP contribution is 2.28. The molecule has 0 atom stereocenters. The summed E-state index contributed by atoms with van der Waals surface area (Å²) >= 11 is 7.40. The van der Waals surface area contributed by atoms with E-state index in [2.05, 4.69) is 4.98 Å².